The fourth-order valence-corrected chi connectivity index (χ4v) is 2.06. The number of hydrogen-bond acceptors (Lipinski definition) is 3. The number of ether oxygens (including phenoxy) is 1. The second kappa shape index (κ2) is 7.34. The van der Waals surface area contributed by atoms with Crippen molar-refractivity contribution in [3.05, 3.63) is 0 Å². The summed E-state index contributed by atoms with van der Waals surface area (Å²) in [4.78, 5) is 0. The van der Waals surface area contributed by atoms with Gasteiger partial charge in [0.15, 0.2) is 0 Å². The van der Waals surface area contributed by atoms with Gasteiger partial charge in [0.1, 0.15) is 0 Å². The van der Waals surface area contributed by atoms with Crippen molar-refractivity contribution in [3.63, 3.8) is 0 Å². The van der Waals surface area contributed by atoms with E-state index < -0.39 is 0 Å². The molecule has 0 radical (unpaired) electrons. The summed E-state index contributed by atoms with van der Waals surface area (Å²) in [5, 5.41) is 13.1. The fraction of sp³-hybridized carbons (Fsp3) is 1.00. The predicted molar refractivity (Wildman–Crippen MR) is 71.2 cm³/mol. The third-order valence-corrected chi connectivity index (χ3v) is 3.77. The first-order chi connectivity index (χ1) is 8.03. The quantitative estimate of drug-likeness (QED) is 0.687. The summed E-state index contributed by atoms with van der Waals surface area (Å²) in [6.45, 7) is 8.73. The van der Waals surface area contributed by atoms with Gasteiger partial charge >= 0.3 is 0 Å². The Hall–Kier alpha value is -0.120. The average molecular weight is 243 g/mol. The van der Waals surface area contributed by atoms with Crippen molar-refractivity contribution in [2.45, 2.75) is 65.1 Å². The van der Waals surface area contributed by atoms with Crippen LogP contribution in [0.15, 0.2) is 0 Å². The van der Waals surface area contributed by atoms with Crippen molar-refractivity contribution < 1.29 is 9.84 Å². The molecular weight excluding hydrogens is 214 g/mol. The number of aliphatic hydroxyl groups excluding tert-OH is 1. The summed E-state index contributed by atoms with van der Waals surface area (Å²) >= 11 is 0. The van der Waals surface area contributed by atoms with Crippen molar-refractivity contribution in [2.24, 2.45) is 5.41 Å². The lowest BCUT2D eigenvalue weighted by atomic mass is 9.90. The Balaban J connectivity index is 2.02. The van der Waals surface area contributed by atoms with E-state index in [9.17, 15) is 5.11 Å². The molecule has 1 aliphatic carbocycles. The van der Waals surface area contributed by atoms with E-state index in [4.69, 9.17) is 4.74 Å². The Labute approximate surface area is 106 Å². The number of hydrogen-bond donors (Lipinski definition) is 2. The molecule has 1 aliphatic rings. The van der Waals surface area contributed by atoms with Crippen molar-refractivity contribution in [3.8, 4) is 0 Å². The molecule has 0 heterocycles. The Morgan fingerprint density at radius 3 is 2.59 bits per heavy atom. The molecule has 3 heteroatoms. The molecule has 1 atom stereocenters. The molecular formula is C14H29NO2. The van der Waals surface area contributed by atoms with E-state index in [0.717, 1.165) is 13.0 Å². The van der Waals surface area contributed by atoms with E-state index in [-0.39, 0.29) is 6.10 Å². The van der Waals surface area contributed by atoms with Crippen molar-refractivity contribution >= 4 is 0 Å². The zero-order chi connectivity index (χ0) is 12.7. The molecule has 1 fully saturated rings. The second-order valence-corrected chi connectivity index (χ2v) is 6.04. The van der Waals surface area contributed by atoms with Gasteiger partial charge in [-0.25, -0.2) is 0 Å². The molecule has 0 amide bonds. The molecule has 3 nitrogen and oxygen atoms in total. The van der Waals surface area contributed by atoms with Crippen molar-refractivity contribution in [1.29, 1.82) is 0 Å². The van der Waals surface area contributed by atoms with Gasteiger partial charge in [-0.1, -0.05) is 33.6 Å². The Bertz CT molecular complexity index is 200. The highest BCUT2D eigenvalue weighted by Gasteiger charge is 2.18. The Morgan fingerprint density at radius 1 is 1.35 bits per heavy atom. The average Bonchev–Trinajstić information content (AvgIpc) is 2.79. The minimum atomic E-state index is -0.372. The highest BCUT2D eigenvalue weighted by atomic mass is 16.5. The van der Waals surface area contributed by atoms with Gasteiger partial charge in [0.2, 0.25) is 0 Å². The molecule has 2 N–H and O–H groups in total. The zero-order valence-electron chi connectivity index (χ0n) is 11.7. The van der Waals surface area contributed by atoms with Gasteiger partial charge in [0.05, 0.1) is 18.8 Å². The van der Waals surface area contributed by atoms with Crippen LogP contribution in [0, 0.1) is 5.41 Å². The van der Waals surface area contributed by atoms with Crippen LogP contribution < -0.4 is 5.32 Å². The highest BCUT2D eigenvalue weighted by molar-refractivity contribution is 4.72. The largest absolute Gasteiger partial charge is 0.389 e. The standard InChI is InChI=1S/C14H29NO2/c1-4-14(2,3)11-15-9-12(16)10-17-13-7-5-6-8-13/h12-13,15-16H,4-11H2,1-3H3. The zero-order valence-corrected chi connectivity index (χ0v) is 11.7. The van der Waals surface area contributed by atoms with Crippen LogP contribution in [-0.4, -0.2) is 37.0 Å². The normalized spacial score (nSPS) is 19.8. The van der Waals surface area contributed by atoms with Crippen LogP contribution in [0.1, 0.15) is 52.9 Å². The summed E-state index contributed by atoms with van der Waals surface area (Å²) in [7, 11) is 0. The molecule has 1 rings (SSSR count). The lowest BCUT2D eigenvalue weighted by molar-refractivity contribution is -0.00601. The maximum absolute atomic E-state index is 9.79. The molecule has 0 aromatic rings. The molecule has 0 spiro atoms. The molecule has 1 unspecified atom stereocenters. The summed E-state index contributed by atoms with van der Waals surface area (Å²) < 4.78 is 5.68. The van der Waals surface area contributed by atoms with Crippen molar-refractivity contribution in [2.75, 3.05) is 19.7 Å². The Kier molecular flexibility index (Phi) is 6.45. The first-order valence-electron chi connectivity index (χ1n) is 7.04. The van der Waals surface area contributed by atoms with Crippen LogP contribution in [0.4, 0.5) is 0 Å². The third-order valence-electron chi connectivity index (χ3n) is 3.77. The summed E-state index contributed by atoms with van der Waals surface area (Å²) in [5.41, 5.74) is 0.312. The van der Waals surface area contributed by atoms with Crippen LogP contribution in [0.25, 0.3) is 0 Å². The van der Waals surface area contributed by atoms with Crippen molar-refractivity contribution in [1.82, 2.24) is 5.32 Å². The van der Waals surface area contributed by atoms with Crippen LogP contribution in [0.3, 0.4) is 0 Å². The lowest BCUT2D eigenvalue weighted by Gasteiger charge is -2.24. The monoisotopic (exact) mass is 243 g/mol. The molecule has 0 aromatic heterocycles. The van der Waals surface area contributed by atoms with Gasteiger partial charge in [-0.05, 0) is 24.7 Å². The van der Waals surface area contributed by atoms with Gasteiger partial charge in [0, 0.05) is 13.1 Å². The Morgan fingerprint density at radius 2 is 2.00 bits per heavy atom. The number of rotatable bonds is 8. The van der Waals surface area contributed by atoms with Gasteiger partial charge in [0.25, 0.3) is 0 Å². The molecule has 1 saturated carbocycles. The van der Waals surface area contributed by atoms with Gasteiger partial charge < -0.3 is 15.2 Å². The third kappa shape index (κ3) is 6.39. The van der Waals surface area contributed by atoms with E-state index in [0.29, 0.717) is 24.7 Å². The van der Waals surface area contributed by atoms with Crippen LogP contribution >= 0.6 is 0 Å². The molecule has 0 bridgehead atoms. The topological polar surface area (TPSA) is 41.5 Å². The minimum Gasteiger partial charge on any atom is -0.389 e. The first kappa shape index (κ1) is 14.9. The van der Waals surface area contributed by atoms with Crippen LogP contribution in [-0.2, 0) is 4.74 Å². The summed E-state index contributed by atoms with van der Waals surface area (Å²) in [6, 6.07) is 0. The smallest absolute Gasteiger partial charge is 0.0897 e. The first-order valence-corrected chi connectivity index (χ1v) is 7.04. The predicted octanol–water partition coefficient (Wildman–Crippen LogP) is 2.33. The molecule has 102 valence electrons. The number of aliphatic hydroxyl groups is 1. The second-order valence-electron chi connectivity index (χ2n) is 6.04. The summed E-state index contributed by atoms with van der Waals surface area (Å²) in [6.07, 6.45) is 6.08. The van der Waals surface area contributed by atoms with Crippen LogP contribution in [0.5, 0.6) is 0 Å². The fourth-order valence-electron chi connectivity index (χ4n) is 2.06. The number of nitrogens with one attached hydrogen (secondary N) is 1. The van der Waals surface area contributed by atoms with E-state index in [1.54, 1.807) is 0 Å². The molecule has 0 aromatic carbocycles. The van der Waals surface area contributed by atoms with E-state index in [1.807, 2.05) is 0 Å². The summed E-state index contributed by atoms with van der Waals surface area (Å²) in [5.74, 6) is 0. The lowest BCUT2D eigenvalue weighted by Crippen LogP contribution is -2.36. The maximum Gasteiger partial charge on any atom is 0.0897 e. The van der Waals surface area contributed by atoms with E-state index in [2.05, 4.69) is 26.1 Å². The minimum absolute atomic E-state index is 0.312. The van der Waals surface area contributed by atoms with Gasteiger partial charge in [-0.15, -0.1) is 0 Å². The van der Waals surface area contributed by atoms with Gasteiger partial charge in [-0.2, -0.15) is 0 Å². The SMILES string of the molecule is CCC(C)(C)CNCC(O)COC1CCCC1. The highest BCUT2D eigenvalue weighted by Crippen LogP contribution is 2.21. The molecule has 17 heavy (non-hydrogen) atoms. The van der Waals surface area contributed by atoms with Gasteiger partial charge in [-0.3, -0.25) is 0 Å². The molecule has 0 aliphatic heterocycles. The molecule has 0 saturated heterocycles. The maximum atomic E-state index is 9.79. The van der Waals surface area contributed by atoms with E-state index >= 15 is 0 Å². The van der Waals surface area contributed by atoms with Crippen LogP contribution in [0.2, 0.25) is 0 Å². The van der Waals surface area contributed by atoms with E-state index in [1.165, 1.54) is 25.7 Å².